The Morgan fingerprint density at radius 1 is 1.41 bits per heavy atom. The Balaban J connectivity index is 2.05. The first-order valence-corrected chi connectivity index (χ1v) is 7.16. The second kappa shape index (κ2) is 5.66. The van der Waals surface area contributed by atoms with Crippen LogP contribution < -0.4 is 10.6 Å². The van der Waals surface area contributed by atoms with Crippen molar-refractivity contribution in [1.29, 1.82) is 5.26 Å². The third kappa shape index (κ3) is 2.49. The normalized spacial score (nSPS) is 16.7. The molecule has 5 nitrogen and oxygen atoms in total. The van der Waals surface area contributed by atoms with Gasteiger partial charge < -0.3 is 10.6 Å². The summed E-state index contributed by atoms with van der Waals surface area (Å²) < 4.78 is 0. The van der Waals surface area contributed by atoms with Crippen molar-refractivity contribution in [1.82, 2.24) is 4.98 Å². The van der Waals surface area contributed by atoms with Crippen LogP contribution in [0.15, 0.2) is 36.5 Å². The largest absolute Gasteiger partial charge is 0.368 e. The first kappa shape index (κ1) is 14.4. The van der Waals surface area contributed by atoms with Crippen molar-refractivity contribution in [2.24, 2.45) is 5.73 Å². The summed E-state index contributed by atoms with van der Waals surface area (Å²) in [6.45, 7) is 0.502. The third-order valence-corrected chi connectivity index (χ3v) is 4.08. The number of hydrogen-bond donors (Lipinski definition) is 1. The number of hydrogen-bond acceptors (Lipinski definition) is 4. The zero-order chi connectivity index (χ0) is 15.7. The van der Waals surface area contributed by atoms with E-state index in [-0.39, 0.29) is 0 Å². The highest BCUT2D eigenvalue weighted by molar-refractivity contribution is 6.33. The van der Waals surface area contributed by atoms with Crippen molar-refractivity contribution in [3.8, 4) is 6.07 Å². The van der Waals surface area contributed by atoms with Crippen molar-refractivity contribution in [2.75, 3.05) is 4.90 Å². The van der Waals surface area contributed by atoms with Gasteiger partial charge >= 0.3 is 0 Å². The molecule has 0 unspecified atom stereocenters. The third-order valence-electron chi connectivity index (χ3n) is 3.80. The first-order valence-electron chi connectivity index (χ1n) is 6.78. The van der Waals surface area contributed by atoms with Gasteiger partial charge in [0.1, 0.15) is 17.9 Å². The predicted octanol–water partition coefficient (Wildman–Crippen LogP) is 2.02. The molecule has 1 aliphatic rings. The van der Waals surface area contributed by atoms with Gasteiger partial charge in [0.25, 0.3) is 0 Å². The maximum Gasteiger partial charge on any atom is 0.240 e. The molecule has 3 rings (SSSR count). The van der Waals surface area contributed by atoms with Gasteiger partial charge in [0.05, 0.1) is 10.6 Å². The molecular formula is C16H13ClN4O. The van der Waals surface area contributed by atoms with Gasteiger partial charge in [0, 0.05) is 19.2 Å². The fourth-order valence-corrected chi connectivity index (χ4v) is 2.98. The van der Waals surface area contributed by atoms with Crippen molar-refractivity contribution in [2.45, 2.75) is 19.0 Å². The molecule has 0 saturated carbocycles. The molecule has 0 bridgehead atoms. The molecule has 0 radical (unpaired) electrons. The van der Waals surface area contributed by atoms with Gasteiger partial charge in [-0.25, -0.2) is 4.98 Å². The molecule has 2 aromatic rings. The van der Waals surface area contributed by atoms with E-state index in [1.54, 1.807) is 11.0 Å². The first-order chi connectivity index (χ1) is 10.6. The highest BCUT2D eigenvalue weighted by atomic mass is 35.5. The highest BCUT2D eigenvalue weighted by Crippen LogP contribution is 2.32. The number of benzene rings is 1. The fraction of sp³-hybridized carbons (Fsp3) is 0.188. The summed E-state index contributed by atoms with van der Waals surface area (Å²) in [5.74, 6) is 0.0516. The Hall–Kier alpha value is -2.58. The van der Waals surface area contributed by atoms with Crippen LogP contribution in [0.4, 0.5) is 5.82 Å². The van der Waals surface area contributed by atoms with Crippen LogP contribution in [0.25, 0.3) is 0 Å². The number of carbonyl (C=O) groups excluding carboxylic acids is 1. The molecule has 0 saturated heterocycles. The molecular weight excluding hydrogens is 300 g/mol. The van der Waals surface area contributed by atoms with Crippen LogP contribution in [0.3, 0.4) is 0 Å². The van der Waals surface area contributed by atoms with Gasteiger partial charge in [-0.3, -0.25) is 4.79 Å². The van der Waals surface area contributed by atoms with Crippen molar-refractivity contribution < 1.29 is 4.79 Å². The zero-order valence-electron chi connectivity index (χ0n) is 11.7. The summed E-state index contributed by atoms with van der Waals surface area (Å²) >= 11 is 6.23. The topological polar surface area (TPSA) is 83.0 Å². The predicted molar refractivity (Wildman–Crippen MR) is 83.3 cm³/mol. The van der Waals surface area contributed by atoms with Gasteiger partial charge in [-0.1, -0.05) is 35.9 Å². The number of nitrogens with zero attached hydrogens (tertiary/aromatic N) is 3. The van der Waals surface area contributed by atoms with Crippen LogP contribution in [0.2, 0.25) is 5.02 Å². The molecule has 1 aliphatic heterocycles. The number of aromatic nitrogens is 1. The maximum absolute atomic E-state index is 11.8. The zero-order valence-corrected chi connectivity index (χ0v) is 12.4. The minimum absolute atomic E-state index is 0.338. The van der Waals surface area contributed by atoms with Crippen molar-refractivity contribution in [3.05, 3.63) is 58.2 Å². The summed E-state index contributed by atoms with van der Waals surface area (Å²) in [6.07, 6.45) is 1.96. The van der Waals surface area contributed by atoms with Crippen LogP contribution in [0, 0.1) is 11.3 Å². The Labute approximate surface area is 132 Å². The lowest BCUT2D eigenvalue weighted by molar-refractivity contribution is -0.119. The van der Waals surface area contributed by atoms with E-state index in [9.17, 15) is 4.79 Å². The number of primary amides is 1. The van der Waals surface area contributed by atoms with Crippen molar-refractivity contribution >= 4 is 23.3 Å². The van der Waals surface area contributed by atoms with Gasteiger partial charge in [-0.05, 0) is 17.2 Å². The average Bonchev–Trinajstić information content (AvgIpc) is 2.53. The Morgan fingerprint density at radius 3 is 2.77 bits per heavy atom. The van der Waals surface area contributed by atoms with E-state index >= 15 is 0 Å². The van der Waals surface area contributed by atoms with Gasteiger partial charge in [-0.2, -0.15) is 5.26 Å². The minimum atomic E-state index is -0.507. The maximum atomic E-state index is 11.8. The standard InChI is InChI=1S/C16H13ClN4O/c17-13-5-10(7-18)8-20-16(13)21-9-12-4-2-1-3-11(12)6-14(21)15(19)22/h1-5,8,14H,6,9H2,(H2,19,22)/t14-/m0/s1. The van der Waals surface area contributed by atoms with Crippen LogP contribution in [0.1, 0.15) is 16.7 Å². The summed E-state index contributed by atoms with van der Waals surface area (Å²) in [5.41, 5.74) is 8.15. The van der Waals surface area contributed by atoms with Crippen LogP contribution in [0.5, 0.6) is 0 Å². The van der Waals surface area contributed by atoms with E-state index < -0.39 is 11.9 Å². The lowest BCUT2D eigenvalue weighted by Crippen LogP contribution is -2.49. The number of nitrogens with two attached hydrogens (primary N) is 1. The highest BCUT2D eigenvalue weighted by Gasteiger charge is 2.32. The number of rotatable bonds is 2. The van der Waals surface area contributed by atoms with Gasteiger partial charge in [-0.15, -0.1) is 0 Å². The summed E-state index contributed by atoms with van der Waals surface area (Å²) in [5, 5.41) is 9.23. The molecule has 1 amide bonds. The number of anilines is 1. The molecule has 0 fully saturated rings. The van der Waals surface area contributed by atoms with Crippen molar-refractivity contribution in [3.63, 3.8) is 0 Å². The van der Waals surface area contributed by atoms with E-state index in [0.717, 1.165) is 11.1 Å². The molecule has 6 heteroatoms. The van der Waals surface area contributed by atoms with E-state index in [0.29, 0.717) is 29.4 Å². The van der Waals surface area contributed by atoms with E-state index in [2.05, 4.69) is 4.98 Å². The van der Waals surface area contributed by atoms with Gasteiger partial charge in [0.15, 0.2) is 0 Å². The summed E-state index contributed by atoms with van der Waals surface area (Å²) in [4.78, 5) is 17.9. The number of carbonyl (C=O) groups is 1. The second-order valence-corrected chi connectivity index (χ2v) is 5.57. The number of pyridine rings is 1. The van der Waals surface area contributed by atoms with E-state index in [4.69, 9.17) is 22.6 Å². The van der Waals surface area contributed by atoms with E-state index in [1.165, 1.54) is 6.20 Å². The molecule has 110 valence electrons. The molecule has 1 atom stereocenters. The molecule has 2 N–H and O–H groups in total. The van der Waals surface area contributed by atoms with Crippen LogP contribution in [-0.2, 0) is 17.8 Å². The fourth-order valence-electron chi connectivity index (χ4n) is 2.70. The number of nitriles is 1. The Bertz CT molecular complexity index is 784. The molecule has 1 aromatic carbocycles. The van der Waals surface area contributed by atoms with Gasteiger partial charge in [0.2, 0.25) is 5.91 Å². The minimum Gasteiger partial charge on any atom is -0.368 e. The Morgan fingerprint density at radius 2 is 2.14 bits per heavy atom. The number of fused-ring (bicyclic) bond motifs is 1. The SMILES string of the molecule is N#Cc1cnc(N2Cc3ccccc3C[C@H]2C(N)=O)c(Cl)c1. The summed E-state index contributed by atoms with van der Waals surface area (Å²) in [7, 11) is 0. The molecule has 1 aromatic heterocycles. The number of halogens is 1. The smallest absolute Gasteiger partial charge is 0.240 e. The lowest BCUT2D eigenvalue weighted by atomic mass is 9.93. The Kier molecular flexibility index (Phi) is 3.70. The quantitative estimate of drug-likeness (QED) is 0.919. The number of amides is 1. The lowest BCUT2D eigenvalue weighted by Gasteiger charge is -2.36. The molecule has 0 spiro atoms. The summed E-state index contributed by atoms with van der Waals surface area (Å²) in [6, 6.07) is 10.9. The van der Waals surface area contributed by atoms with E-state index in [1.807, 2.05) is 30.3 Å². The second-order valence-electron chi connectivity index (χ2n) is 5.16. The van der Waals surface area contributed by atoms with Crippen LogP contribution in [-0.4, -0.2) is 16.9 Å². The molecule has 2 heterocycles. The van der Waals surface area contributed by atoms with Crippen LogP contribution >= 0.6 is 11.6 Å². The molecule has 0 aliphatic carbocycles. The average molecular weight is 313 g/mol. The monoisotopic (exact) mass is 312 g/mol. The molecule has 22 heavy (non-hydrogen) atoms.